The van der Waals surface area contributed by atoms with Crippen LogP contribution < -0.4 is 10.6 Å². The molecule has 8 heteroatoms. The Kier molecular flexibility index (Phi) is 9.10. The van der Waals surface area contributed by atoms with Crippen molar-refractivity contribution in [3.8, 4) is 5.69 Å². The van der Waals surface area contributed by atoms with Crippen LogP contribution in [0.25, 0.3) is 5.69 Å². The van der Waals surface area contributed by atoms with Crippen molar-refractivity contribution in [3.05, 3.63) is 70.9 Å². The van der Waals surface area contributed by atoms with Crippen LogP contribution in [-0.2, 0) is 14.9 Å². The summed E-state index contributed by atoms with van der Waals surface area (Å²) in [6.07, 6.45) is 0.611. The molecule has 0 bridgehead atoms. The molecule has 0 atom stereocenters. The number of aromatic nitrogens is 2. The Morgan fingerprint density at radius 3 is 2.30 bits per heavy atom. The lowest BCUT2D eigenvalue weighted by molar-refractivity contribution is -0.116. The van der Waals surface area contributed by atoms with E-state index in [4.69, 9.17) is 9.84 Å². The molecule has 1 heterocycles. The van der Waals surface area contributed by atoms with Crippen molar-refractivity contribution in [2.75, 3.05) is 37.4 Å². The van der Waals surface area contributed by atoms with E-state index in [-0.39, 0.29) is 23.9 Å². The molecule has 0 aliphatic carbocycles. The Morgan fingerprint density at radius 1 is 0.973 bits per heavy atom. The summed E-state index contributed by atoms with van der Waals surface area (Å²) in [5.41, 5.74) is 5.56. The molecule has 2 aromatic carbocycles. The summed E-state index contributed by atoms with van der Waals surface area (Å²) < 4.78 is 6.90. The van der Waals surface area contributed by atoms with E-state index in [0.717, 1.165) is 28.1 Å². The van der Waals surface area contributed by atoms with Crippen molar-refractivity contribution in [1.82, 2.24) is 14.7 Å². The van der Waals surface area contributed by atoms with Gasteiger partial charge in [0, 0.05) is 37.4 Å². The topological polar surface area (TPSA) is 88.5 Å². The maximum Gasteiger partial charge on any atom is 0.322 e. The molecule has 198 valence electrons. The highest BCUT2D eigenvalue weighted by Crippen LogP contribution is 2.26. The highest BCUT2D eigenvalue weighted by molar-refractivity contribution is 5.96. The smallest absolute Gasteiger partial charge is 0.322 e. The van der Waals surface area contributed by atoms with Crippen LogP contribution in [0.2, 0.25) is 0 Å². The zero-order valence-electron chi connectivity index (χ0n) is 23.0. The molecule has 0 saturated carbocycles. The molecule has 37 heavy (non-hydrogen) atoms. The fourth-order valence-corrected chi connectivity index (χ4v) is 3.75. The molecule has 0 saturated heterocycles. The van der Waals surface area contributed by atoms with E-state index in [1.807, 2.05) is 69.3 Å². The fourth-order valence-electron chi connectivity index (χ4n) is 3.75. The number of nitrogens with one attached hydrogen (secondary N) is 2. The van der Waals surface area contributed by atoms with Gasteiger partial charge in [-0.05, 0) is 62.6 Å². The van der Waals surface area contributed by atoms with Crippen LogP contribution in [0.5, 0.6) is 0 Å². The van der Waals surface area contributed by atoms with Gasteiger partial charge in [0.15, 0.2) is 0 Å². The van der Waals surface area contributed by atoms with Gasteiger partial charge < -0.3 is 20.3 Å². The number of nitrogens with zero attached hydrogens (tertiary/aromatic N) is 3. The maximum absolute atomic E-state index is 13.2. The summed E-state index contributed by atoms with van der Waals surface area (Å²) in [4.78, 5) is 27.8. The van der Waals surface area contributed by atoms with E-state index < -0.39 is 0 Å². The Bertz CT molecular complexity index is 1230. The van der Waals surface area contributed by atoms with Crippen molar-refractivity contribution in [1.29, 1.82) is 0 Å². The molecule has 0 fully saturated rings. The van der Waals surface area contributed by atoms with Gasteiger partial charge in [0.05, 0.1) is 11.4 Å². The van der Waals surface area contributed by atoms with Gasteiger partial charge in [-0.15, -0.1) is 0 Å². The number of amides is 3. The average molecular weight is 506 g/mol. The van der Waals surface area contributed by atoms with Crippen LogP contribution in [0.15, 0.2) is 48.5 Å². The molecule has 3 aromatic rings. The highest BCUT2D eigenvalue weighted by atomic mass is 16.5. The number of rotatable bonds is 9. The third-order valence-corrected chi connectivity index (χ3v) is 6.18. The molecule has 8 nitrogen and oxygen atoms in total. The van der Waals surface area contributed by atoms with Crippen LogP contribution >= 0.6 is 0 Å². The van der Waals surface area contributed by atoms with Gasteiger partial charge in [-0.2, -0.15) is 5.10 Å². The molecule has 0 aliphatic heterocycles. The first kappa shape index (κ1) is 27.9. The van der Waals surface area contributed by atoms with Crippen molar-refractivity contribution in [2.24, 2.45) is 0 Å². The van der Waals surface area contributed by atoms with Crippen LogP contribution in [-0.4, -0.2) is 53.4 Å². The molecular formula is C29H39N5O3. The van der Waals surface area contributed by atoms with Crippen LogP contribution in [0.3, 0.4) is 0 Å². The molecular weight excluding hydrogens is 466 g/mol. The minimum atomic E-state index is -0.336. The van der Waals surface area contributed by atoms with E-state index in [1.165, 1.54) is 4.90 Å². The summed E-state index contributed by atoms with van der Waals surface area (Å²) >= 11 is 0. The van der Waals surface area contributed by atoms with Gasteiger partial charge >= 0.3 is 6.03 Å². The normalized spacial score (nSPS) is 11.3. The Hall–Kier alpha value is -3.65. The quantitative estimate of drug-likeness (QED) is 0.370. The number of anilines is 2. The monoisotopic (exact) mass is 505 g/mol. The van der Waals surface area contributed by atoms with Gasteiger partial charge in [0.25, 0.3) is 0 Å². The van der Waals surface area contributed by atoms with Crippen molar-refractivity contribution >= 4 is 23.4 Å². The van der Waals surface area contributed by atoms with Gasteiger partial charge in [-0.3, -0.25) is 4.79 Å². The average Bonchev–Trinajstić information content (AvgIpc) is 3.25. The number of aryl methyl sites for hydroxylation is 3. The number of hydrogen-bond acceptors (Lipinski definition) is 4. The van der Waals surface area contributed by atoms with Crippen molar-refractivity contribution < 1.29 is 14.3 Å². The summed E-state index contributed by atoms with van der Waals surface area (Å²) in [5, 5.41) is 10.7. The lowest BCUT2D eigenvalue weighted by Crippen LogP contribution is -2.41. The molecule has 1 aromatic heterocycles. The molecule has 0 aliphatic rings. The third kappa shape index (κ3) is 7.67. The van der Waals surface area contributed by atoms with Crippen LogP contribution in [0.4, 0.5) is 16.3 Å². The second-order valence-corrected chi connectivity index (χ2v) is 10.5. The van der Waals surface area contributed by atoms with Gasteiger partial charge in [-0.1, -0.05) is 44.5 Å². The number of benzene rings is 2. The Balaban J connectivity index is 1.80. The lowest BCUT2D eigenvalue weighted by atomic mass is 9.92. The Morgan fingerprint density at radius 2 is 1.68 bits per heavy atom. The molecule has 2 N–H and O–H groups in total. The van der Waals surface area contributed by atoms with Gasteiger partial charge in [0.1, 0.15) is 12.4 Å². The molecule has 0 radical (unpaired) electrons. The first-order valence-electron chi connectivity index (χ1n) is 12.6. The predicted molar refractivity (Wildman–Crippen MR) is 149 cm³/mol. The number of urea groups is 1. The van der Waals surface area contributed by atoms with Crippen molar-refractivity contribution in [3.63, 3.8) is 0 Å². The first-order chi connectivity index (χ1) is 17.5. The second kappa shape index (κ2) is 12.1. The maximum atomic E-state index is 13.2. The molecule has 0 unspecified atom stereocenters. The van der Waals surface area contributed by atoms with Crippen LogP contribution in [0.1, 0.15) is 49.6 Å². The summed E-state index contributed by atoms with van der Waals surface area (Å²) in [7, 11) is 1.62. The molecule has 0 spiro atoms. The standard InChI is InChI=1S/C29H39N5O3/c1-20-9-13-24(14-10-20)34-26(18-25(32-34)29(4,5)6)31-27(35)19-33(15-8-16-37-7)28(36)30-23-12-11-21(2)22(3)17-23/h9-14,17-18H,8,15-16,19H2,1-7H3,(H,30,36)(H,31,35). The number of carbonyl (C=O) groups excluding carboxylic acids is 2. The molecule has 3 amide bonds. The summed E-state index contributed by atoms with van der Waals surface area (Å²) in [6, 6.07) is 15.3. The fraction of sp³-hybridized carbons (Fsp3) is 0.414. The van der Waals surface area contributed by atoms with E-state index in [9.17, 15) is 9.59 Å². The van der Waals surface area contributed by atoms with Gasteiger partial charge in [-0.25, -0.2) is 9.48 Å². The SMILES string of the molecule is COCCCN(CC(=O)Nc1cc(C(C)(C)C)nn1-c1ccc(C)cc1)C(=O)Nc1ccc(C)c(C)c1. The number of ether oxygens (including phenoxy) is 1. The second-order valence-electron chi connectivity index (χ2n) is 10.5. The highest BCUT2D eigenvalue weighted by Gasteiger charge is 2.23. The van der Waals surface area contributed by atoms with E-state index in [2.05, 4.69) is 31.4 Å². The van der Waals surface area contributed by atoms with E-state index >= 15 is 0 Å². The van der Waals surface area contributed by atoms with Crippen molar-refractivity contribution in [2.45, 2.75) is 53.4 Å². The number of methoxy groups -OCH3 is 1. The zero-order chi connectivity index (χ0) is 27.2. The molecule has 3 rings (SSSR count). The van der Waals surface area contributed by atoms with Gasteiger partial charge in [0.2, 0.25) is 5.91 Å². The minimum Gasteiger partial charge on any atom is -0.385 e. The Labute approximate surface area is 220 Å². The predicted octanol–water partition coefficient (Wildman–Crippen LogP) is 5.60. The zero-order valence-corrected chi connectivity index (χ0v) is 23.0. The largest absolute Gasteiger partial charge is 0.385 e. The van der Waals surface area contributed by atoms with E-state index in [0.29, 0.717) is 31.1 Å². The minimum absolute atomic E-state index is 0.107. The summed E-state index contributed by atoms with van der Waals surface area (Å²) in [6.45, 7) is 13.0. The third-order valence-electron chi connectivity index (χ3n) is 6.18. The lowest BCUT2D eigenvalue weighted by Gasteiger charge is -2.23. The van der Waals surface area contributed by atoms with Crippen LogP contribution in [0, 0.1) is 20.8 Å². The summed E-state index contributed by atoms with van der Waals surface area (Å²) in [5.74, 6) is 0.256. The van der Waals surface area contributed by atoms with E-state index in [1.54, 1.807) is 11.8 Å². The first-order valence-corrected chi connectivity index (χ1v) is 12.6. The number of hydrogen-bond donors (Lipinski definition) is 2. The number of carbonyl (C=O) groups is 2.